The fourth-order valence-corrected chi connectivity index (χ4v) is 2.38. The van der Waals surface area contributed by atoms with E-state index in [1.165, 1.54) is 6.08 Å². The standard InChI is InChI=1S/C20H27N3O5/c1-5-6-11-21-17(22-19(26)27-20(2,3)4)14-9-7-13(8-10-14)15-12-16(18(24)25)28-23-15/h7-10,12,16,23H,5-6,11H2,1-4H3,(H,24,25)(H,21,22,26). The summed E-state index contributed by atoms with van der Waals surface area (Å²) < 4.78 is 5.31. The molecule has 8 heteroatoms. The molecular weight excluding hydrogens is 362 g/mol. The Kier molecular flexibility index (Phi) is 7.17. The van der Waals surface area contributed by atoms with Gasteiger partial charge in [-0.05, 0) is 38.8 Å². The normalized spacial score (nSPS) is 16.9. The lowest BCUT2D eigenvalue weighted by atomic mass is 10.1. The second kappa shape index (κ2) is 9.36. The van der Waals surface area contributed by atoms with Gasteiger partial charge in [0, 0.05) is 12.1 Å². The van der Waals surface area contributed by atoms with Crippen LogP contribution in [0.4, 0.5) is 4.79 Å². The SMILES string of the molecule is CCCCN=C(NC(=O)OC(C)(C)C)c1ccc(C2=CC(C(=O)O)ON2)cc1. The highest BCUT2D eigenvalue weighted by molar-refractivity contribution is 6.06. The van der Waals surface area contributed by atoms with Crippen LogP contribution in [0.1, 0.15) is 51.7 Å². The van der Waals surface area contributed by atoms with Crippen molar-refractivity contribution in [2.75, 3.05) is 6.54 Å². The number of rotatable bonds is 6. The van der Waals surface area contributed by atoms with Gasteiger partial charge in [-0.15, -0.1) is 0 Å². The van der Waals surface area contributed by atoms with Crippen LogP contribution in [-0.2, 0) is 14.4 Å². The summed E-state index contributed by atoms with van der Waals surface area (Å²) in [4.78, 5) is 32.6. The van der Waals surface area contributed by atoms with Gasteiger partial charge >= 0.3 is 12.1 Å². The highest BCUT2D eigenvalue weighted by atomic mass is 16.7. The Bertz CT molecular complexity index is 763. The number of amides is 1. The van der Waals surface area contributed by atoms with Crippen molar-refractivity contribution < 1.29 is 24.3 Å². The van der Waals surface area contributed by atoms with E-state index in [2.05, 4.69) is 22.7 Å². The fourth-order valence-electron chi connectivity index (χ4n) is 2.38. The molecule has 1 aliphatic heterocycles. The van der Waals surface area contributed by atoms with Crippen LogP contribution in [0.5, 0.6) is 0 Å². The number of aliphatic carboxylic acids is 1. The minimum Gasteiger partial charge on any atom is -0.479 e. The molecule has 0 aromatic heterocycles. The van der Waals surface area contributed by atoms with E-state index in [-0.39, 0.29) is 0 Å². The predicted molar refractivity (Wildman–Crippen MR) is 106 cm³/mol. The summed E-state index contributed by atoms with van der Waals surface area (Å²) in [6, 6.07) is 7.20. The van der Waals surface area contributed by atoms with Crippen LogP contribution in [-0.4, -0.2) is 41.3 Å². The van der Waals surface area contributed by atoms with Crippen molar-refractivity contribution in [3.05, 3.63) is 41.5 Å². The van der Waals surface area contributed by atoms with Crippen molar-refractivity contribution in [2.45, 2.75) is 52.2 Å². The molecule has 1 atom stereocenters. The van der Waals surface area contributed by atoms with Gasteiger partial charge in [-0.25, -0.2) is 9.59 Å². The van der Waals surface area contributed by atoms with Crippen molar-refractivity contribution in [3.8, 4) is 0 Å². The van der Waals surface area contributed by atoms with Crippen molar-refractivity contribution >= 4 is 23.6 Å². The molecule has 0 saturated heterocycles. The number of nitrogens with zero attached hydrogens (tertiary/aromatic N) is 1. The number of unbranched alkanes of at least 4 members (excludes halogenated alkanes) is 1. The summed E-state index contributed by atoms with van der Waals surface area (Å²) in [6.45, 7) is 8.04. The number of amidine groups is 1. The zero-order valence-corrected chi connectivity index (χ0v) is 16.6. The quantitative estimate of drug-likeness (QED) is 0.392. The molecule has 1 aliphatic rings. The number of hydrogen-bond donors (Lipinski definition) is 3. The molecule has 0 saturated carbocycles. The number of carbonyl (C=O) groups excluding carboxylic acids is 1. The number of hydrogen-bond acceptors (Lipinski definition) is 6. The van der Waals surface area contributed by atoms with E-state index in [4.69, 9.17) is 14.7 Å². The summed E-state index contributed by atoms with van der Waals surface area (Å²) in [7, 11) is 0. The number of carbonyl (C=O) groups is 2. The van der Waals surface area contributed by atoms with E-state index >= 15 is 0 Å². The molecule has 2 rings (SSSR count). The van der Waals surface area contributed by atoms with Crippen LogP contribution in [0.2, 0.25) is 0 Å². The van der Waals surface area contributed by atoms with E-state index in [1.807, 2.05) is 0 Å². The molecule has 8 nitrogen and oxygen atoms in total. The van der Waals surface area contributed by atoms with E-state index in [9.17, 15) is 9.59 Å². The summed E-state index contributed by atoms with van der Waals surface area (Å²) >= 11 is 0. The Labute approximate surface area is 164 Å². The Balaban J connectivity index is 2.17. The Hall–Kier alpha value is -2.87. The molecule has 152 valence electrons. The van der Waals surface area contributed by atoms with Gasteiger partial charge in [-0.1, -0.05) is 37.6 Å². The smallest absolute Gasteiger partial charge is 0.413 e. The first-order chi connectivity index (χ1) is 13.2. The average Bonchev–Trinajstić information content (AvgIpc) is 3.10. The van der Waals surface area contributed by atoms with Gasteiger partial charge in [0.25, 0.3) is 0 Å². The minimum atomic E-state index is -1.06. The highest BCUT2D eigenvalue weighted by Gasteiger charge is 2.24. The second-order valence-electron chi connectivity index (χ2n) is 7.35. The molecule has 1 aromatic rings. The van der Waals surface area contributed by atoms with Crippen LogP contribution in [0.25, 0.3) is 5.70 Å². The van der Waals surface area contributed by atoms with Crippen LogP contribution in [0.15, 0.2) is 35.3 Å². The Morgan fingerprint density at radius 2 is 1.96 bits per heavy atom. The Morgan fingerprint density at radius 1 is 1.29 bits per heavy atom. The molecule has 0 aliphatic carbocycles. The lowest BCUT2D eigenvalue weighted by molar-refractivity contribution is -0.148. The zero-order valence-electron chi connectivity index (χ0n) is 16.6. The first-order valence-corrected chi connectivity index (χ1v) is 9.21. The predicted octanol–water partition coefficient (Wildman–Crippen LogP) is 3.09. The molecule has 0 bridgehead atoms. The minimum absolute atomic E-state index is 0.433. The van der Waals surface area contributed by atoms with E-state index in [1.54, 1.807) is 45.0 Å². The van der Waals surface area contributed by atoms with Gasteiger partial charge in [-0.3, -0.25) is 20.6 Å². The number of benzene rings is 1. The topological polar surface area (TPSA) is 109 Å². The Morgan fingerprint density at radius 3 is 2.50 bits per heavy atom. The second-order valence-corrected chi connectivity index (χ2v) is 7.35. The lowest BCUT2D eigenvalue weighted by Crippen LogP contribution is -2.37. The molecular formula is C20H27N3O5. The summed E-state index contributed by atoms with van der Waals surface area (Å²) in [5.41, 5.74) is 4.06. The first-order valence-electron chi connectivity index (χ1n) is 9.21. The number of nitrogens with one attached hydrogen (secondary N) is 2. The molecule has 28 heavy (non-hydrogen) atoms. The van der Waals surface area contributed by atoms with Crippen LogP contribution >= 0.6 is 0 Å². The lowest BCUT2D eigenvalue weighted by Gasteiger charge is -2.20. The van der Waals surface area contributed by atoms with Gasteiger partial charge in [0.05, 0.1) is 5.70 Å². The van der Waals surface area contributed by atoms with Gasteiger partial charge in [0.15, 0.2) is 0 Å². The third-order valence-electron chi connectivity index (χ3n) is 3.73. The number of ether oxygens (including phenoxy) is 1. The molecule has 0 spiro atoms. The number of hydroxylamine groups is 1. The fraction of sp³-hybridized carbons (Fsp3) is 0.450. The molecule has 0 radical (unpaired) electrons. The summed E-state index contributed by atoms with van der Waals surface area (Å²) in [6.07, 6.45) is 1.81. The zero-order chi connectivity index (χ0) is 20.7. The molecule has 1 aromatic carbocycles. The van der Waals surface area contributed by atoms with E-state index in [0.29, 0.717) is 18.1 Å². The summed E-state index contributed by atoms with van der Waals surface area (Å²) in [5.74, 6) is -0.631. The van der Waals surface area contributed by atoms with Gasteiger partial charge < -0.3 is 9.84 Å². The number of carboxylic acids is 1. The van der Waals surface area contributed by atoms with Gasteiger partial charge in [-0.2, -0.15) is 0 Å². The molecule has 1 heterocycles. The van der Waals surface area contributed by atoms with Crippen LogP contribution in [0, 0.1) is 0 Å². The van der Waals surface area contributed by atoms with Crippen molar-refractivity contribution in [2.24, 2.45) is 4.99 Å². The maximum atomic E-state index is 12.1. The average molecular weight is 389 g/mol. The maximum Gasteiger partial charge on any atom is 0.413 e. The van der Waals surface area contributed by atoms with Crippen LogP contribution < -0.4 is 10.8 Å². The monoisotopic (exact) mass is 389 g/mol. The summed E-state index contributed by atoms with van der Waals surface area (Å²) in [5, 5.41) is 11.7. The van der Waals surface area contributed by atoms with Crippen LogP contribution in [0.3, 0.4) is 0 Å². The molecule has 3 N–H and O–H groups in total. The van der Waals surface area contributed by atoms with E-state index in [0.717, 1.165) is 24.0 Å². The third kappa shape index (κ3) is 6.38. The van der Waals surface area contributed by atoms with Crippen molar-refractivity contribution in [3.63, 3.8) is 0 Å². The molecule has 1 unspecified atom stereocenters. The van der Waals surface area contributed by atoms with Crippen molar-refractivity contribution in [1.29, 1.82) is 0 Å². The maximum absolute atomic E-state index is 12.1. The first kappa shape index (κ1) is 21.4. The number of alkyl carbamates (subject to hydrolysis) is 1. The highest BCUT2D eigenvalue weighted by Crippen LogP contribution is 2.19. The van der Waals surface area contributed by atoms with E-state index < -0.39 is 23.8 Å². The third-order valence-corrected chi connectivity index (χ3v) is 3.73. The number of aliphatic imine (C=N–C) groups is 1. The largest absolute Gasteiger partial charge is 0.479 e. The van der Waals surface area contributed by atoms with Gasteiger partial charge in [0.2, 0.25) is 6.10 Å². The van der Waals surface area contributed by atoms with Gasteiger partial charge in [0.1, 0.15) is 11.4 Å². The van der Waals surface area contributed by atoms with Crippen molar-refractivity contribution in [1.82, 2.24) is 10.8 Å². The molecule has 1 amide bonds. The number of carboxylic acid groups (broad SMARTS) is 1. The molecule has 0 fully saturated rings.